The van der Waals surface area contributed by atoms with Crippen molar-refractivity contribution in [2.45, 2.75) is 46.7 Å². The fourth-order valence-electron chi connectivity index (χ4n) is 2.06. The van der Waals surface area contributed by atoms with E-state index in [0.717, 1.165) is 5.70 Å². The fourth-order valence-corrected chi connectivity index (χ4v) is 2.06. The van der Waals surface area contributed by atoms with Crippen molar-refractivity contribution in [2.75, 3.05) is 14.1 Å². The van der Waals surface area contributed by atoms with E-state index in [9.17, 15) is 0 Å². The van der Waals surface area contributed by atoms with Crippen LogP contribution in [0.1, 0.15) is 34.6 Å². The van der Waals surface area contributed by atoms with Crippen LogP contribution in [0.15, 0.2) is 12.3 Å². The molecule has 0 radical (unpaired) electrons. The smallest absolute Gasteiger partial charge is 0.0532 e. The first kappa shape index (κ1) is 13.5. The van der Waals surface area contributed by atoms with E-state index in [1.807, 2.05) is 0 Å². The van der Waals surface area contributed by atoms with Gasteiger partial charge >= 0.3 is 0 Å². The molecule has 0 amide bonds. The minimum absolute atomic E-state index is 0.211. The largest absolute Gasteiger partial charge is 0.385 e. The van der Waals surface area contributed by atoms with Crippen LogP contribution in [-0.2, 0) is 0 Å². The van der Waals surface area contributed by atoms with Gasteiger partial charge in [0.05, 0.1) is 6.04 Å². The summed E-state index contributed by atoms with van der Waals surface area (Å²) in [5.74, 6) is 0. The highest BCUT2D eigenvalue weighted by molar-refractivity contribution is 5.08. The number of hydrogen-bond donors (Lipinski definition) is 1. The molecule has 0 aromatic heterocycles. The van der Waals surface area contributed by atoms with Crippen molar-refractivity contribution >= 4 is 0 Å². The summed E-state index contributed by atoms with van der Waals surface area (Å²) in [7, 11) is 4.20. The third kappa shape index (κ3) is 4.14. The zero-order valence-corrected chi connectivity index (χ0v) is 10.8. The Morgan fingerprint density at radius 1 is 1.21 bits per heavy atom. The van der Waals surface area contributed by atoms with Crippen molar-refractivity contribution in [1.82, 2.24) is 10.2 Å². The highest BCUT2D eigenvalue weighted by Gasteiger charge is 2.29. The van der Waals surface area contributed by atoms with Gasteiger partial charge in [-0.05, 0) is 33.4 Å². The first-order valence-corrected chi connectivity index (χ1v) is 5.28. The van der Waals surface area contributed by atoms with E-state index in [2.05, 4.69) is 65.5 Å². The Labute approximate surface area is 89.4 Å². The Morgan fingerprint density at radius 3 is 1.86 bits per heavy atom. The van der Waals surface area contributed by atoms with Crippen LogP contribution in [0.4, 0.5) is 0 Å². The molecule has 0 spiro atoms. The Balaban J connectivity index is 4.60. The maximum atomic E-state index is 4.13. The van der Waals surface area contributed by atoms with Gasteiger partial charge in [-0.15, -0.1) is 0 Å². The van der Waals surface area contributed by atoms with Crippen LogP contribution in [0.5, 0.6) is 0 Å². The second kappa shape index (κ2) is 4.83. The summed E-state index contributed by atoms with van der Waals surface area (Å²) in [5.41, 5.74) is 1.32. The fraction of sp³-hybridized carbons (Fsp3) is 0.833. The molecular formula is C12H26N2. The Bertz CT molecular complexity index is 187. The number of rotatable bonds is 4. The lowest BCUT2D eigenvalue weighted by Gasteiger charge is -2.38. The van der Waals surface area contributed by atoms with Gasteiger partial charge in [-0.1, -0.05) is 27.4 Å². The van der Waals surface area contributed by atoms with E-state index in [0.29, 0.717) is 12.1 Å². The van der Waals surface area contributed by atoms with E-state index in [4.69, 9.17) is 0 Å². The molecule has 0 saturated heterocycles. The number of likely N-dealkylation sites (N-methyl/N-ethyl adjacent to an activating group) is 1. The number of nitrogens with one attached hydrogen (secondary N) is 1. The molecule has 0 rings (SSSR count). The highest BCUT2D eigenvalue weighted by Crippen LogP contribution is 2.26. The zero-order chi connectivity index (χ0) is 11.5. The maximum Gasteiger partial charge on any atom is 0.0532 e. The van der Waals surface area contributed by atoms with Gasteiger partial charge in [0.15, 0.2) is 0 Å². The standard InChI is InChI=1S/C12H26N2/c1-9(2)13-10(3)11(14(7)8)12(4,5)6/h9,11,13H,3H2,1-2,4-8H3. The third-order valence-corrected chi connectivity index (χ3v) is 2.14. The van der Waals surface area contributed by atoms with Crippen LogP contribution < -0.4 is 5.32 Å². The molecule has 0 fully saturated rings. The molecule has 84 valence electrons. The maximum absolute atomic E-state index is 4.13. The molecule has 0 aliphatic heterocycles. The van der Waals surface area contributed by atoms with Gasteiger partial charge < -0.3 is 10.2 Å². The quantitative estimate of drug-likeness (QED) is 0.746. The Hall–Kier alpha value is -0.500. The molecule has 0 aromatic rings. The second-order valence-corrected chi connectivity index (χ2v) is 5.56. The topological polar surface area (TPSA) is 15.3 Å². The third-order valence-electron chi connectivity index (χ3n) is 2.14. The molecule has 0 aromatic carbocycles. The van der Waals surface area contributed by atoms with Crippen molar-refractivity contribution in [3.63, 3.8) is 0 Å². The monoisotopic (exact) mass is 198 g/mol. The van der Waals surface area contributed by atoms with E-state index >= 15 is 0 Å². The average molecular weight is 198 g/mol. The predicted octanol–water partition coefficient (Wildman–Crippen LogP) is 2.47. The molecule has 1 N–H and O–H groups in total. The van der Waals surface area contributed by atoms with E-state index < -0.39 is 0 Å². The van der Waals surface area contributed by atoms with E-state index in [1.54, 1.807) is 0 Å². The van der Waals surface area contributed by atoms with Crippen molar-refractivity contribution in [3.05, 3.63) is 12.3 Å². The van der Waals surface area contributed by atoms with Gasteiger partial charge in [0.25, 0.3) is 0 Å². The zero-order valence-electron chi connectivity index (χ0n) is 10.8. The van der Waals surface area contributed by atoms with Gasteiger partial charge in [0.2, 0.25) is 0 Å². The molecule has 1 unspecified atom stereocenters. The average Bonchev–Trinajstić information content (AvgIpc) is 1.78. The molecule has 0 aliphatic rings. The summed E-state index contributed by atoms with van der Waals surface area (Å²) in [4.78, 5) is 2.22. The summed E-state index contributed by atoms with van der Waals surface area (Å²) in [6.07, 6.45) is 0. The van der Waals surface area contributed by atoms with Gasteiger partial charge in [-0.3, -0.25) is 0 Å². The van der Waals surface area contributed by atoms with Crippen molar-refractivity contribution in [2.24, 2.45) is 5.41 Å². The number of hydrogen-bond acceptors (Lipinski definition) is 2. The van der Waals surface area contributed by atoms with Crippen molar-refractivity contribution < 1.29 is 0 Å². The molecule has 2 nitrogen and oxygen atoms in total. The normalized spacial score (nSPS) is 14.6. The van der Waals surface area contributed by atoms with Gasteiger partial charge in [-0.25, -0.2) is 0 Å². The van der Waals surface area contributed by atoms with E-state index in [-0.39, 0.29) is 5.41 Å². The van der Waals surface area contributed by atoms with Crippen molar-refractivity contribution in [3.8, 4) is 0 Å². The van der Waals surface area contributed by atoms with Crippen molar-refractivity contribution in [1.29, 1.82) is 0 Å². The molecule has 2 heteroatoms. The molecule has 0 aliphatic carbocycles. The van der Waals surface area contributed by atoms with Gasteiger partial charge in [0.1, 0.15) is 0 Å². The highest BCUT2D eigenvalue weighted by atomic mass is 15.1. The second-order valence-electron chi connectivity index (χ2n) is 5.56. The Morgan fingerprint density at radius 2 is 1.64 bits per heavy atom. The Kier molecular flexibility index (Phi) is 4.66. The lowest BCUT2D eigenvalue weighted by atomic mass is 9.84. The summed E-state index contributed by atoms with van der Waals surface area (Å²) in [6.45, 7) is 15.1. The van der Waals surface area contributed by atoms with Crippen LogP contribution in [0.25, 0.3) is 0 Å². The molecule has 1 atom stereocenters. The summed E-state index contributed by atoms with van der Waals surface area (Å²) in [6, 6.07) is 0.817. The minimum Gasteiger partial charge on any atom is -0.385 e. The SMILES string of the molecule is C=C(NC(C)C)C(N(C)C)C(C)(C)C. The van der Waals surface area contributed by atoms with Crippen LogP contribution in [0.3, 0.4) is 0 Å². The van der Waals surface area contributed by atoms with Crippen LogP contribution in [-0.4, -0.2) is 31.1 Å². The molecule has 0 bridgehead atoms. The van der Waals surface area contributed by atoms with Crippen LogP contribution >= 0.6 is 0 Å². The van der Waals surface area contributed by atoms with Gasteiger partial charge in [0, 0.05) is 11.7 Å². The predicted molar refractivity (Wildman–Crippen MR) is 64.3 cm³/mol. The number of nitrogens with zero attached hydrogens (tertiary/aromatic N) is 1. The molecular weight excluding hydrogens is 172 g/mol. The summed E-state index contributed by atoms with van der Waals surface area (Å²) < 4.78 is 0. The van der Waals surface area contributed by atoms with Crippen LogP contribution in [0, 0.1) is 5.41 Å². The summed E-state index contributed by atoms with van der Waals surface area (Å²) >= 11 is 0. The van der Waals surface area contributed by atoms with Crippen LogP contribution in [0.2, 0.25) is 0 Å². The molecule has 0 saturated carbocycles. The molecule has 0 heterocycles. The lowest BCUT2D eigenvalue weighted by molar-refractivity contribution is 0.175. The first-order valence-electron chi connectivity index (χ1n) is 5.28. The summed E-state index contributed by atoms with van der Waals surface area (Å²) in [5, 5.41) is 3.39. The lowest BCUT2D eigenvalue weighted by Crippen LogP contribution is -2.45. The van der Waals surface area contributed by atoms with Gasteiger partial charge in [-0.2, -0.15) is 0 Å². The first-order chi connectivity index (χ1) is 6.16. The molecule has 14 heavy (non-hydrogen) atoms. The van der Waals surface area contributed by atoms with E-state index in [1.165, 1.54) is 0 Å². The minimum atomic E-state index is 0.211.